The van der Waals surface area contributed by atoms with E-state index >= 15 is 0 Å². The molecule has 4 heterocycles. The van der Waals surface area contributed by atoms with Gasteiger partial charge in [0, 0.05) is 66.7 Å². The number of carbonyl (C=O) groups is 2. The largest absolute Gasteiger partial charge is 0.438 e. The van der Waals surface area contributed by atoms with Crippen LogP contribution in [0.4, 0.5) is 33.3 Å². The van der Waals surface area contributed by atoms with Gasteiger partial charge >= 0.3 is 6.18 Å². The zero-order chi connectivity index (χ0) is 53.5. The molecular formula is C50H45F5N8O10S2. The first kappa shape index (κ1) is 52.3. The molecule has 75 heavy (non-hydrogen) atoms. The van der Waals surface area contributed by atoms with Gasteiger partial charge in [0.1, 0.15) is 21.9 Å². The number of carbonyl (C=O) groups excluding carboxylic acids is 2. The molecule has 2 fully saturated rings. The van der Waals surface area contributed by atoms with Crippen molar-refractivity contribution in [2.45, 2.75) is 72.1 Å². The van der Waals surface area contributed by atoms with E-state index < -0.39 is 77.7 Å². The summed E-state index contributed by atoms with van der Waals surface area (Å²) in [6.07, 6.45) is -3.51. The Morgan fingerprint density at radius 2 is 1.27 bits per heavy atom. The number of aromatic nitrogens is 4. The van der Waals surface area contributed by atoms with Crippen LogP contribution >= 0.6 is 0 Å². The van der Waals surface area contributed by atoms with Gasteiger partial charge in [-0.2, -0.15) is 13.2 Å². The maximum absolute atomic E-state index is 14.5. The van der Waals surface area contributed by atoms with E-state index in [0.717, 1.165) is 24.8 Å². The quantitative estimate of drug-likeness (QED) is 0.0668. The molecule has 7 aromatic rings. The van der Waals surface area contributed by atoms with Gasteiger partial charge in [0.15, 0.2) is 11.6 Å². The Morgan fingerprint density at radius 1 is 0.707 bits per heavy atom. The highest BCUT2D eigenvalue weighted by Crippen LogP contribution is 2.38. The molecule has 0 saturated carbocycles. The number of amides is 2. The van der Waals surface area contributed by atoms with Crippen molar-refractivity contribution in [2.75, 3.05) is 35.6 Å². The number of H-pyrrole nitrogens is 1. The third-order valence-electron chi connectivity index (χ3n) is 13.2. The number of rotatable bonds is 14. The third kappa shape index (κ3) is 11.3. The molecule has 2 amide bonds. The number of hydrogen-bond acceptors (Lipinski definition) is 13. The lowest BCUT2D eigenvalue weighted by Crippen LogP contribution is -2.46. The number of aliphatic hydroxyl groups is 2. The van der Waals surface area contributed by atoms with Crippen molar-refractivity contribution in [2.24, 2.45) is 0 Å². The molecule has 25 heteroatoms. The average Bonchev–Trinajstić information content (AvgIpc) is 3.37. The van der Waals surface area contributed by atoms with Gasteiger partial charge in [-0.25, -0.2) is 40.6 Å². The number of para-hydroxylation sites is 1. The van der Waals surface area contributed by atoms with Crippen LogP contribution in [0.1, 0.15) is 71.2 Å². The normalized spacial score (nSPS) is 15.9. The molecule has 5 aromatic carbocycles. The number of piperidine rings is 2. The Kier molecular flexibility index (Phi) is 14.1. The predicted octanol–water partition coefficient (Wildman–Crippen LogP) is 7.36. The minimum atomic E-state index is -4.60. The number of sulfonamides is 2. The molecule has 9 rings (SSSR count). The first-order valence-corrected chi connectivity index (χ1v) is 26.2. The van der Waals surface area contributed by atoms with Crippen LogP contribution in [0, 0.1) is 11.6 Å². The average molecular weight is 1080 g/mol. The van der Waals surface area contributed by atoms with Crippen LogP contribution in [0.5, 0.6) is 11.6 Å². The highest BCUT2D eigenvalue weighted by Gasteiger charge is 2.39. The molecule has 0 atom stereocenters. The van der Waals surface area contributed by atoms with E-state index in [2.05, 4.69) is 29.4 Å². The zero-order valence-corrected chi connectivity index (χ0v) is 40.9. The van der Waals surface area contributed by atoms with Crippen molar-refractivity contribution < 1.29 is 63.3 Å². The van der Waals surface area contributed by atoms with Gasteiger partial charge in [0.2, 0.25) is 5.88 Å². The number of benzene rings is 5. The number of hydrogen-bond donors (Lipinski definition) is 5. The Morgan fingerprint density at radius 3 is 1.87 bits per heavy atom. The summed E-state index contributed by atoms with van der Waals surface area (Å²) in [6.45, 7) is 0.266. The van der Waals surface area contributed by atoms with Gasteiger partial charge in [-0.3, -0.25) is 23.8 Å². The Balaban J connectivity index is 0.884. The van der Waals surface area contributed by atoms with Gasteiger partial charge in [0.05, 0.1) is 39.3 Å². The Labute approximate surface area is 424 Å². The van der Waals surface area contributed by atoms with Gasteiger partial charge < -0.3 is 29.7 Å². The van der Waals surface area contributed by atoms with Crippen molar-refractivity contribution in [3.8, 4) is 11.6 Å². The molecule has 2 aliphatic rings. The van der Waals surface area contributed by atoms with E-state index in [1.165, 1.54) is 94.7 Å². The summed E-state index contributed by atoms with van der Waals surface area (Å²) < 4.78 is 133. The van der Waals surface area contributed by atoms with Crippen LogP contribution < -0.4 is 19.7 Å². The molecule has 0 spiro atoms. The number of halogens is 5. The number of anilines is 2. The number of nitrogens with zero attached hydrogens (tertiary/aromatic N) is 5. The summed E-state index contributed by atoms with van der Waals surface area (Å²) in [4.78, 5) is 56.8. The van der Waals surface area contributed by atoms with E-state index in [1.807, 2.05) is 0 Å². The number of aromatic amines is 1. The standard InChI is InChI=1S/C50H45F5N8O10S2/c51-38-6-2-5-37(41(38)52)49(68)20-24-63(25-21-49)47(66)31-10-14-33(15-11-31)61-75(71,72)40-27-34(26-36-43(40)56-28-58-44(36)64)73-45-35-4-1-7-39(42(35)57-29-59-45)74(69,70)60-32-12-8-30(9-13-32)46(65)62-22-18-48(67,19-23-62)16-3-17-50(53,54)55/h1-2,4-15,26-29,60-61,67-68H,3,16-25H2,(H,56,58,64). The highest BCUT2D eigenvalue weighted by molar-refractivity contribution is 7.93. The van der Waals surface area contributed by atoms with E-state index in [4.69, 9.17) is 4.74 Å². The van der Waals surface area contributed by atoms with Crippen LogP contribution in [0.3, 0.4) is 0 Å². The van der Waals surface area contributed by atoms with E-state index in [9.17, 15) is 63.4 Å². The highest BCUT2D eigenvalue weighted by atomic mass is 32.2. The molecule has 0 bridgehead atoms. The number of nitrogens with one attached hydrogen (secondary N) is 3. The predicted molar refractivity (Wildman–Crippen MR) is 262 cm³/mol. The lowest BCUT2D eigenvalue weighted by Gasteiger charge is -2.38. The molecule has 392 valence electrons. The molecule has 2 saturated heterocycles. The minimum Gasteiger partial charge on any atom is -0.438 e. The second kappa shape index (κ2) is 20.3. The van der Waals surface area contributed by atoms with Gasteiger partial charge in [-0.1, -0.05) is 18.2 Å². The molecular weight excluding hydrogens is 1030 g/mol. The summed E-state index contributed by atoms with van der Waals surface area (Å²) >= 11 is 0. The van der Waals surface area contributed by atoms with Crippen LogP contribution in [0.25, 0.3) is 21.8 Å². The summed E-state index contributed by atoms with van der Waals surface area (Å²) in [5.74, 6) is -3.58. The summed E-state index contributed by atoms with van der Waals surface area (Å²) in [6, 6.07) is 20.9. The lowest BCUT2D eigenvalue weighted by molar-refractivity contribution is -0.138. The fourth-order valence-electron chi connectivity index (χ4n) is 9.19. The summed E-state index contributed by atoms with van der Waals surface area (Å²) in [5.41, 5.74) is -3.82. The monoisotopic (exact) mass is 1080 g/mol. The maximum atomic E-state index is 14.5. The molecule has 5 N–H and O–H groups in total. The van der Waals surface area contributed by atoms with Crippen LogP contribution in [0.2, 0.25) is 0 Å². The van der Waals surface area contributed by atoms with Gasteiger partial charge in [-0.05, 0) is 111 Å². The summed E-state index contributed by atoms with van der Waals surface area (Å²) in [7, 11) is -9.02. The smallest absolute Gasteiger partial charge is 0.389 e. The Hall–Kier alpha value is -7.61. The number of likely N-dealkylation sites (tertiary alicyclic amines) is 2. The van der Waals surface area contributed by atoms with Gasteiger partial charge in [-0.15, -0.1) is 0 Å². The van der Waals surface area contributed by atoms with Crippen LogP contribution in [-0.2, 0) is 25.6 Å². The first-order valence-electron chi connectivity index (χ1n) is 23.2. The van der Waals surface area contributed by atoms with Crippen molar-refractivity contribution in [1.82, 2.24) is 29.7 Å². The second-order valence-electron chi connectivity index (χ2n) is 18.3. The fourth-order valence-corrected chi connectivity index (χ4v) is 11.7. The number of alkyl halides is 3. The number of ether oxygens (including phenoxy) is 1. The van der Waals surface area contributed by atoms with Crippen molar-refractivity contribution in [1.29, 1.82) is 0 Å². The molecule has 18 nitrogen and oxygen atoms in total. The second-order valence-corrected chi connectivity index (χ2v) is 21.6. The van der Waals surface area contributed by atoms with Crippen LogP contribution in [-0.4, -0.2) is 107 Å². The lowest BCUT2D eigenvalue weighted by atomic mass is 9.84. The van der Waals surface area contributed by atoms with Crippen molar-refractivity contribution >= 4 is 65.0 Å². The maximum Gasteiger partial charge on any atom is 0.389 e. The molecule has 0 aliphatic carbocycles. The molecule has 0 unspecified atom stereocenters. The van der Waals surface area contributed by atoms with E-state index in [-0.39, 0.29) is 131 Å². The van der Waals surface area contributed by atoms with E-state index in [0.29, 0.717) is 0 Å². The molecule has 2 aromatic heterocycles. The SMILES string of the molecule is O=C(c1ccc(NS(=O)(=O)c2cccc3c(Oc4cc(S(=O)(=O)Nc5ccc(C(=O)N6CCC(O)(c7cccc(F)c7F)CC6)cc5)c5nc[nH]c(=O)c5c4)ncnc23)cc1)N1CCC(O)(CCCC(F)(F)F)CC1. The fraction of sp³-hybridized carbons (Fsp3) is 0.280. The topological polar surface area (TPSA) is 254 Å². The number of fused-ring (bicyclic) bond motifs is 2. The Bertz CT molecular complexity index is 3630. The third-order valence-corrected chi connectivity index (χ3v) is 16.1. The molecule has 2 aliphatic heterocycles. The zero-order valence-electron chi connectivity index (χ0n) is 39.3. The first-order chi connectivity index (χ1) is 35.5. The van der Waals surface area contributed by atoms with Crippen molar-refractivity contribution in [3.05, 3.63) is 148 Å². The van der Waals surface area contributed by atoms with Crippen LogP contribution in [0.15, 0.2) is 124 Å². The molecule has 0 radical (unpaired) electrons. The summed E-state index contributed by atoms with van der Waals surface area (Å²) in [5, 5.41) is 21.8. The minimum absolute atomic E-state index is 0.0108. The van der Waals surface area contributed by atoms with Crippen molar-refractivity contribution in [3.63, 3.8) is 0 Å². The van der Waals surface area contributed by atoms with Gasteiger partial charge in [0.25, 0.3) is 37.4 Å². The van der Waals surface area contributed by atoms with E-state index in [1.54, 1.807) is 0 Å².